The second-order valence-corrected chi connectivity index (χ2v) is 14.0. The van der Waals surface area contributed by atoms with E-state index < -0.39 is 15.6 Å². The summed E-state index contributed by atoms with van der Waals surface area (Å²) in [6, 6.07) is 31.5. The quantitative estimate of drug-likeness (QED) is 0.0675. The Balaban J connectivity index is 0.000000579. The Labute approximate surface area is 281 Å². The van der Waals surface area contributed by atoms with Crippen LogP contribution >= 0.6 is 0 Å². The predicted molar refractivity (Wildman–Crippen MR) is 178 cm³/mol. The van der Waals surface area contributed by atoms with E-state index >= 15 is 0 Å². The maximum Gasteiger partial charge on any atom is 0.522 e. The fourth-order valence-electron chi connectivity index (χ4n) is 7.52. The molecule has 0 radical (unpaired) electrons. The van der Waals surface area contributed by atoms with E-state index in [2.05, 4.69) is 84.2 Å². The lowest BCUT2D eigenvalue weighted by Crippen LogP contribution is -2.74. The predicted octanol–water partition coefficient (Wildman–Crippen LogP) is 6.72. The number of nitrogens with one attached hydrogen (secondary N) is 1. The number of carbonyl (C=O) groups excluding carboxylic acids is 1. The lowest BCUT2D eigenvalue weighted by atomic mass is 9.68. The standard InChI is InChI=1S/C35H45N2O3.CHF3O3S/c1-39-31-19-12-11-18-30(31)26-36-34-29-21-24-37(25-22-29,23-13-5-10-20-32(38)40-2)35(34)33(27-14-6-3-7-15-27)28-16-8-4-9-17-28;2-1(3,4)8(5,6)7/h3-4,6-9,11-12,14-19,29,33-36H,5,10,13,20-26H2,1-2H3;(H,5,6,7)/q+1;/t29-,34-,35-,37+;/m0./s1. The lowest BCUT2D eigenvalue weighted by molar-refractivity contribution is -0.968. The van der Waals surface area contributed by atoms with Crippen molar-refractivity contribution < 1.29 is 44.9 Å². The van der Waals surface area contributed by atoms with Crippen LogP contribution in [0.25, 0.3) is 0 Å². The van der Waals surface area contributed by atoms with Gasteiger partial charge < -0.3 is 19.3 Å². The van der Waals surface area contributed by atoms with Crippen molar-refractivity contribution in [3.63, 3.8) is 0 Å². The van der Waals surface area contributed by atoms with E-state index in [1.54, 1.807) is 7.11 Å². The number of halogens is 3. The highest BCUT2D eigenvalue weighted by Crippen LogP contribution is 2.47. The van der Waals surface area contributed by atoms with E-state index in [1.807, 2.05) is 6.07 Å². The van der Waals surface area contributed by atoms with Crippen LogP contribution in [0.1, 0.15) is 61.1 Å². The second kappa shape index (κ2) is 16.8. The summed E-state index contributed by atoms with van der Waals surface area (Å²) in [5.41, 5.74) is -1.52. The molecule has 6 rings (SSSR count). The zero-order valence-corrected chi connectivity index (χ0v) is 28.3. The summed E-state index contributed by atoms with van der Waals surface area (Å²) in [5, 5.41) is 4.11. The van der Waals surface area contributed by atoms with Gasteiger partial charge in [-0.15, -0.1) is 0 Å². The van der Waals surface area contributed by atoms with Gasteiger partial charge in [0.1, 0.15) is 11.8 Å². The minimum Gasteiger partial charge on any atom is -0.496 e. The van der Waals surface area contributed by atoms with Crippen LogP contribution in [0.4, 0.5) is 13.2 Å². The second-order valence-electron chi connectivity index (χ2n) is 12.5. The van der Waals surface area contributed by atoms with Gasteiger partial charge in [-0.3, -0.25) is 9.35 Å². The third-order valence-electron chi connectivity index (χ3n) is 9.78. The van der Waals surface area contributed by atoms with Crippen LogP contribution in [0.3, 0.4) is 0 Å². The summed E-state index contributed by atoms with van der Waals surface area (Å²) in [5.74, 6) is 1.81. The van der Waals surface area contributed by atoms with Gasteiger partial charge in [-0.05, 0) is 42.4 Å². The van der Waals surface area contributed by atoms with Crippen LogP contribution in [0.2, 0.25) is 0 Å². The molecule has 3 saturated heterocycles. The van der Waals surface area contributed by atoms with E-state index in [-0.39, 0.29) is 5.97 Å². The molecule has 2 atom stereocenters. The Morgan fingerprint density at radius 2 is 1.44 bits per heavy atom. The number of unbranched alkanes of at least 4 members (excludes halogenated alkanes) is 2. The van der Waals surface area contributed by atoms with Crippen molar-refractivity contribution in [1.82, 2.24) is 5.32 Å². The number of nitrogens with zero attached hydrogens (tertiary/aromatic N) is 1. The molecular weight excluding hydrogens is 645 g/mol. The number of piperidine rings is 3. The maximum atomic E-state index is 11.7. The first-order chi connectivity index (χ1) is 22.9. The SMILES string of the molecule is COC(=O)CCCCC[N@+]12CC[C@H](CC1)[C@H](NCc1ccccc1OC)[C@@H]2C(c1ccccc1)c1ccccc1.O=S(=O)(O)C(F)(F)F. The molecular formula is C36H46F3N2O6S+. The van der Waals surface area contributed by atoms with Gasteiger partial charge in [-0.2, -0.15) is 21.6 Å². The van der Waals surface area contributed by atoms with Gasteiger partial charge in [-0.25, -0.2) is 0 Å². The van der Waals surface area contributed by atoms with Crippen molar-refractivity contribution in [2.24, 2.45) is 5.92 Å². The van der Waals surface area contributed by atoms with Crippen molar-refractivity contribution in [3.05, 3.63) is 102 Å². The molecule has 0 unspecified atom stereocenters. The first-order valence-electron chi connectivity index (χ1n) is 16.3. The number of hydrogen-bond acceptors (Lipinski definition) is 6. The van der Waals surface area contributed by atoms with Gasteiger partial charge in [0, 0.05) is 31.4 Å². The van der Waals surface area contributed by atoms with Gasteiger partial charge in [-0.1, -0.05) is 78.9 Å². The van der Waals surface area contributed by atoms with Crippen LogP contribution in [0, 0.1) is 5.92 Å². The Morgan fingerprint density at radius 1 is 0.896 bits per heavy atom. The third kappa shape index (κ3) is 9.37. The van der Waals surface area contributed by atoms with E-state index in [1.165, 1.54) is 49.7 Å². The smallest absolute Gasteiger partial charge is 0.496 e. The van der Waals surface area contributed by atoms with Gasteiger partial charge >= 0.3 is 21.6 Å². The minimum atomic E-state index is -5.84. The maximum absolute atomic E-state index is 11.7. The molecule has 8 nitrogen and oxygen atoms in total. The fraction of sp³-hybridized carbons (Fsp3) is 0.472. The van der Waals surface area contributed by atoms with E-state index in [0.717, 1.165) is 42.6 Å². The van der Waals surface area contributed by atoms with Crippen LogP contribution < -0.4 is 10.1 Å². The molecule has 0 amide bonds. The summed E-state index contributed by atoms with van der Waals surface area (Å²) >= 11 is 0. The monoisotopic (exact) mass is 691 g/mol. The molecule has 0 aliphatic carbocycles. The molecule has 3 heterocycles. The van der Waals surface area contributed by atoms with Crippen molar-refractivity contribution in [2.45, 2.75) is 68.6 Å². The zero-order valence-electron chi connectivity index (χ0n) is 27.4. The largest absolute Gasteiger partial charge is 0.522 e. The number of esters is 1. The number of hydrogen-bond donors (Lipinski definition) is 2. The van der Waals surface area contributed by atoms with Gasteiger partial charge in [0.05, 0.1) is 45.8 Å². The average Bonchev–Trinajstić information content (AvgIpc) is 3.08. The summed E-state index contributed by atoms with van der Waals surface area (Å²) in [6.45, 7) is 4.42. The lowest BCUT2D eigenvalue weighted by Gasteiger charge is -2.60. The molecule has 2 N–H and O–H groups in total. The highest BCUT2D eigenvalue weighted by molar-refractivity contribution is 7.86. The van der Waals surface area contributed by atoms with Crippen LogP contribution in [0.15, 0.2) is 84.9 Å². The molecule has 0 aromatic heterocycles. The number of alkyl halides is 3. The Morgan fingerprint density at radius 3 is 1.96 bits per heavy atom. The number of methoxy groups -OCH3 is 2. The van der Waals surface area contributed by atoms with Gasteiger partial charge in [0.25, 0.3) is 0 Å². The Kier molecular flexibility index (Phi) is 13.1. The number of quaternary nitrogens is 1. The normalized spacial score (nSPS) is 22.1. The molecule has 0 spiro atoms. The summed E-state index contributed by atoms with van der Waals surface area (Å²) in [4.78, 5) is 11.7. The Bertz CT molecular complexity index is 1510. The molecule has 3 aliphatic heterocycles. The number of carbonyl (C=O) groups is 1. The van der Waals surface area contributed by atoms with Crippen molar-refractivity contribution >= 4 is 16.1 Å². The zero-order chi connectivity index (χ0) is 34.8. The van der Waals surface area contributed by atoms with Crippen molar-refractivity contribution in [2.75, 3.05) is 33.9 Å². The first-order valence-corrected chi connectivity index (χ1v) is 17.8. The molecule has 262 valence electrons. The summed E-state index contributed by atoms with van der Waals surface area (Å²) < 4.78 is 69.3. The van der Waals surface area contributed by atoms with Crippen LogP contribution in [0.5, 0.6) is 5.75 Å². The summed E-state index contributed by atoms with van der Waals surface area (Å²) in [6.07, 6.45) is 6.13. The third-order valence-corrected chi connectivity index (χ3v) is 10.4. The number of rotatable bonds is 13. The average molecular weight is 692 g/mol. The first kappa shape index (κ1) is 37.4. The van der Waals surface area contributed by atoms with Gasteiger partial charge in [0.2, 0.25) is 0 Å². The van der Waals surface area contributed by atoms with E-state index in [4.69, 9.17) is 22.4 Å². The van der Waals surface area contributed by atoms with Gasteiger partial charge in [0.15, 0.2) is 0 Å². The molecule has 3 aromatic carbocycles. The van der Waals surface area contributed by atoms with E-state index in [9.17, 15) is 18.0 Å². The molecule has 48 heavy (non-hydrogen) atoms. The van der Waals surface area contributed by atoms with Crippen molar-refractivity contribution in [3.8, 4) is 5.75 Å². The minimum absolute atomic E-state index is 0.0995. The molecule has 3 fully saturated rings. The molecule has 0 saturated carbocycles. The molecule has 12 heteroatoms. The van der Waals surface area contributed by atoms with Crippen LogP contribution in [-0.4, -0.2) is 74.9 Å². The molecule has 2 bridgehead atoms. The van der Waals surface area contributed by atoms with Crippen molar-refractivity contribution in [1.29, 1.82) is 0 Å². The fourth-order valence-corrected chi connectivity index (χ4v) is 7.52. The number of para-hydroxylation sites is 1. The highest BCUT2D eigenvalue weighted by atomic mass is 32.2. The topological polar surface area (TPSA) is 102 Å². The summed E-state index contributed by atoms with van der Waals surface area (Å²) in [7, 11) is -2.60. The number of ether oxygens (including phenoxy) is 2. The van der Waals surface area contributed by atoms with E-state index in [0.29, 0.717) is 30.3 Å². The highest BCUT2D eigenvalue weighted by Gasteiger charge is 2.56. The van der Waals surface area contributed by atoms with Crippen LogP contribution in [-0.2, 0) is 26.2 Å². The molecule has 3 aromatic rings. The Hall–Kier alpha value is -3.45. The number of fused-ring (bicyclic) bond motifs is 3. The molecule has 3 aliphatic rings. The number of benzene rings is 3.